The number of halogens is 1. The van der Waals surface area contributed by atoms with Crippen LogP contribution in [0.3, 0.4) is 0 Å². The molecule has 2 aliphatic rings. The molecule has 1 N–H and O–H groups in total. The van der Waals surface area contributed by atoms with Crippen molar-refractivity contribution < 1.29 is 9.18 Å². The Morgan fingerprint density at radius 1 is 1.17 bits per heavy atom. The van der Waals surface area contributed by atoms with E-state index < -0.39 is 0 Å². The molecule has 3 atom stereocenters. The number of hydrogen-bond acceptors (Lipinski definition) is 3. The summed E-state index contributed by atoms with van der Waals surface area (Å²) >= 11 is 0. The van der Waals surface area contributed by atoms with Gasteiger partial charge in [0.1, 0.15) is 5.82 Å². The van der Waals surface area contributed by atoms with E-state index in [1.54, 1.807) is 6.07 Å². The molecular formula is C17H21FN4O. The standard InChI is InChI=1S/C17H21FN4O/c18-14-7-8-15-19-17(21-22(15)10-14)20-16(23)13-6-5-11-3-1-2-4-12(11)9-13/h7-8,10-13H,1-6,9H2,(H,20,21,23)/t11-,12+,13+/m0/s1. The summed E-state index contributed by atoms with van der Waals surface area (Å²) in [7, 11) is 0. The van der Waals surface area contributed by atoms with Crippen molar-refractivity contribution in [3.05, 3.63) is 24.1 Å². The number of carbonyl (C=O) groups is 1. The Bertz CT molecular complexity index is 728. The number of aromatic nitrogens is 3. The minimum atomic E-state index is -0.379. The first-order valence-electron chi connectivity index (χ1n) is 8.52. The first kappa shape index (κ1) is 14.6. The number of hydrogen-bond donors (Lipinski definition) is 1. The van der Waals surface area contributed by atoms with Crippen LogP contribution in [0, 0.1) is 23.6 Å². The topological polar surface area (TPSA) is 59.3 Å². The SMILES string of the molecule is O=C(Nc1nc2ccc(F)cn2n1)[C@@H]1CC[C@@H]2CCCC[C@@H]2C1. The zero-order valence-electron chi connectivity index (χ0n) is 13.0. The molecule has 2 aliphatic carbocycles. The van der Waals surface area contributed by atoms with Crippen molar-refractivity contribution in [1.82, 2.24) is 14.6 Å². The van der Waals surface area contributed by atoms with Crippen LogP contribution >= 0.6 is 0 Å². The molecule has 6 heteroatoms. The molecule has 2 heterocycles. The Balaban J connectivity index is 1.44. The number of fused-ring (bicyclic) bond motifs is 2. The van der Waals surface area contributed by atoms with E-state index in [1.807, 2.05) is 0 Å². The fourth-order valence-corrected chi connectivity index (χ4v) is 4.23. The lowest BCUT2D eigenvalue weighted by Crippen LogP contribution is -2.34. The van der Waals surface area contributed by atoms with Gasteiger partial charge in [0.25, 0.3) is 0 Å². The molecule has 0 bridgehead atoms. The Morgan fingerprint density at radius 3 is 2.87 bits per heavy atom. The van der Waals surface area contributed by atoms with Crippen LogP contribution in [-0.4, -0.2) is 20.5 Å². The van der Waals surface area contributed by atoms with Crippen molar-refractivity contribution in [3.63, 3.8) is 0 Å². The lowest BCUT2D eigenvalue weighted by Gasteiger charge is -2.38. The van der Waals surface area contributed by atoms with Gasteiger partial charge in [-0.2, -0.15) is 4.98 Å². The number of anilines is 1. The van der Waals surface area contributed by atoms with Crippen LogP contribution in [0.25, 0.3) is 5.65 Å². The third-order valence-electron chi connectivity index (χ3n) is 5.44. The molecule has 2 saturated carbocycles. The van der Waals surface area contributed by atoms with Crippen LogP contribution in [0.15, 0.2) is 18.3 Å². The van der Waals surface area contributed by atoms with E-state index in [-0.39, 0.29) is 23.6 Å². The predicted molar refractivity (Wildman–Crippen MR) is 84.4 cm³/mol. The summed E-state index contributed by atoms with van der Waals surface area (Å²) in [4.78, 5) is 16.7. The number of pyridine rings is 1. The predicted octanol–water partition coefficient (Wildman–Crippen LogP) is 3.41. The van der Waals surface area contributed by atoms with Gasteiger partial charge in [0.05, 0.1) is 6.20 Å². The van der Waals surface area contributed by atoms with Gasteiger partial charge in [-0.25, -0.2) is 8.91 Å². The molecule has 122 valence electrons. The first-order valence-corrected chi connectivity index (χ1v) is 8.52. The Kier molecular flexibility index (Phi) is 3.75. The maximum absolute atomic E-state index is 13.2. The van der Waals surface area contributed by atoms with Crippen molar-refractivity contribution in [2.75, 3.05) is 5.32 Å². The third-order valence-corrected chi connectivity index (χ3v) is 5.44. The second-order valence-electron chi connectivity index (χ2n) is 6.89. The molecule has 0 unspecified atom stereocenters. The number of carbonyl (C=O) groups excluding carboxylic acids is 1. The average Bonchev–Trinajstić information content (AvgIpc) is 2.95. The van der Waals surface area contributed by atoms with E-state index >= 15 is 0 Å². The summed E-state index contributed by atoms with van der Waals surface area (Å²) < 4.78 is 14.5. The lowest BCUT2D eigenvalue weighted by molar-refractivity contribution is -0.122. The molecule has 4 rings (SSSR count). The molecule has 0 saturated heterocycles. The van der Waals surface area contributed by atoms with Gasteiger partial charge in [-0.05, 0) is 43.2 Å². The van der Waals surface area contributed by atoms with Crippen molar-refractivity contribution in [3.8, 4) is 0 Å². The Hall–Kier alpha value is -1.98. The van der Waals surface area contributed by atoms with E-state index in [0.717, 1.165) is 25.2 Å². The second kappa shape index (κ2) is 5.91. The Morgan fingerprint density at radius 2 is 2.00 bits per heavy atom. The number of nitrogens with one attached hydrogen (secondary N) is 1. The lowest BCUT2D eigenvalue weighted by atomic mass is 9.67. The summed E-state index contributed by atoms with van der Waals surface area (Å²) in [5, 5.41) is 6.94. The Labute approximate surface area is 134 Å². The van der Waals surface area contributed by atoms with E-state index in [0.29, 0.717) is 11.6 Å². The highest BCUT2D eigenvalue weighted by Crippen LogP contribution is 2.42. The fraction of sp³-hybridized carbons (Fsp3) is 0.588. The zero-order chi connectivity index (χ0) is 15.8. The summed E-state index contributed by atoms with van der Waals surface area (Å²) in [5.74, 6) is 1.46. The molecule has 0 radical (unpaired) electrons. The summed E-state index contributed by atoms with van der Waals surface area (Å²) in [6.07, 6.45) is 9.60. The second-order valence-corrected chi connectivity index (χ2v) is 6.89. The van der Waals surface area contributed by atoms with Crippen molar-refractivity contribution in [1.29, 1.82) is 0 Å². The van der Waals surface area contributed by atoms with Gasteiger partial charge in [0, 0.05) is 5.92 Å². The van der Waals surface area contributed by atoms with Crippen LogP contribution in [-0.2, 0) is 4.79 Å². The zero-order valence-corrected chi connectivity index (χ0v) is 13.0. The molecule has 1 amide bonds. The van der Waals surface area contributed by atoms with Crippen LogP contribution in [0.2, 0.25) is 0 Å². The van der Waals surface area contributed by atoms with E-state index in [2.05, 4.69) is 15.4 Å². The smallest absolute Gasteiger partial charge is 0.249 e. The molecule has 2 aromatic heterocycles. The van der Waals surface area contributed by atoms with Crippen LogP contribution < -0.4 is 5.32 Å². The summed E-state index contributed by atoms with van der Waals surface area (Å²) in [6, 6.07) is 2.88. The molecule has 2 aromatic rings. The molecule has 0 aliphatic heterocycles. The maximum atomic E-state index is 13.2. The highest BCUT2D eigenvalue weighted by Gasteiger charge is 2.35. The van der Waals surface area contributed by atoms with Gasteiger partial charge in [-0.3, -0.25) is 10.1 Å². The maximum Gasteiger partial charge on any atom is 0.249 e. The average molecular weight is 316 g/mol. The number of nitrogens with zero attached hydrogens (tertiary/aromatic N) is 3. The molecule has 0 aromatic carbocycles. The summed E-state index contributed by atoms with van der Waals surface area (Å²) in [6.45, 7) is 0. The minimum absolute atomic E-state index is 0.00500. The molecular weight excluding hydrogens is 295 g/mol. The summed E-state index contributed by atoms with van der Waals surface area (Å²) in [5.41, 5.74) is 0.526. The van der Waals surface area contributed by atoms with Crippen LogP contribution in [0.5, 0.6) is 0 Å². The van der Waals surface area contributed by atoms with Crippen molar-refractivity contribution in [2.45, 2.75) is 44.9 Å². The largest absolute Gasteiger partial charge is 0.293 e. The van der Waals surface area contributed by atoms with Crippen molar-refractivity contribution in [2.24, 2.45) is 17.8 Å². The number of rotatable bonds is 2. The number of amides is 1. The van der Waals surface area contributed by atoms with E-state index in [9.17, 15) is 9.18 Å². The van der Waals surface area contributed by atoms with Gasteiger partial charge in [0.2, 0.25) is 11.9 Å². The first-order chi connectivity index (χ1) is 11.2. The van der Waals surface area contributed by atoms with Crippen molar-refractivity contribution >= 4 is 17.5 Å². The fourth-order valence-electron chi connectivity index (χ4n) is 4.23. The van der Waals surface area contributed by atoms with Gasteiger partial charge < -0.3 is 0 Å². The molecule has 5 nitrogen and oxygen atoms in total. The normalized spacial score (nSPS) is 27.6. The van der Waals surface area contributed by atoms with E-state index in [4.69, 9.17) is 0 Å². The molecule has 23 heavy (non-hydrogen) atoms. The highest BCUT2D eigenvalue weighted by molar-refractivity contribution is 5.91. The minimum Gasteiger partial charge on any atom is -0.293 e. The van der Waals surface area contributed by atoms with Gasteiger partial charge in [-0.15, -0.1) is 5.10 Å². The van der Waals surface area contributed by atoms with Crippen LogP contribution in [0.4, 0.5) is 10.3 Å². The van der Waals surface area contributed by atoms with Gasteiger partial charge >= 0.3 is 0 Å². The monoisotopic (exact) mass is 316 g/mol. The third kappa shape index (κ3) is 2.94. The van der Waals surface area contributed by atoms with E-state index in [1.165, 1.54) is 42.5 Å². The van der Waals surface area contributed by atoms with Gasteiger partial charge in [-0.1, -0.05) is 25.7 Å². The molecule has 0 spiro atoms. The van der Waals surface area contributed by atoms with Gasteiger partial charge in [0.15, 0.2) is 5.65 Å². The molecule has 2 fully saturated rings. The van der Waals surface area contributed by atoms with Crippen LogP contribution in [0.1, 0.15) is 44.9 Å². The highest BCUT2D eigenvalue weighted by atomic mass is 19.1. The quantitative estimate of drug-likeness (QED) is 0.923.